The van der Waals surface area contributed by atoms with E-state index in [0.29, 0.717) is 30.1 Å². The van der Waals surface area contributed by atoms with Gasteiger partial charge in [-0.1, -0.05) is 12.1 Å². The summed E-state index contributed by atoms with van der Waals surface area (Å²) < 4.78 is 19.0. The van der Waals surface area contributed by atoms with Crippen LogP contribution in [0.15, 0.2) is 42.5 Å². The van der Waals surface area contributed by atoms with Gasteiger partial charge in [0.1, 0.15) is 17.7 Å². The minimum Gasteiger partial charge on any atom is -0.487 e. The van der Waals surface area contributed by atoms with Gasteiger partial charge in [-0.05, 0) is 36.8 Å². The molecule has 2 N–H and O–H groups in total. The van der Waals surface area contributed by atoms with E-state index in [1.807, 2.05) is 19.1 Å². The SMILES string of the molecule is C[C@H]1CN(C(=O)c2ccc(CN)cc2)c2ccc(F)cc2O1. The van der Waals surface area contributed by atoms with Crippen LogP contribution in [0, 0.1) is 5.82 Å². The van der Waals surface area contributed by atoms with Crippen molar-refractivity contribution in [3.05, 3.63) is 59.4 Å². The molecule has 0 bridgehead atoms. The van der Waals surface area contributed by atoms with Gasteiger partial charge in [0, 0.05) is 18.2 Å². The molecule has 0 unspecified atom stereocenters. The van der Waals surface area contributed by atoms with Gasteiger partial charge in [0.2, 0.25) is 0 Å². The number of hydrogen-bond donors (Lipinski definition) is 1. The molecule has 0 aliphatic carbocycles. The van der Waals surface area contributed by atoms with Gasteiger partial charge in [0.15, 0.2) is 0 Å². The lowest BCUT2D eigenvalue weighted by molar-refractivity contribution is 0.0961. The van der Waals surface area contributed by atoms with Crippen LogP contribution >= 0.6 is 0 Å². The fraction of sp³-hybridized carbons (Fsp3) is 0.235. The lowest BCUT2D eigenvalue weighted by Gasteiger charge is -2.33. The zero-order valence-electron chi connectivity index (χ0n) is 12.3. The van der Waals surface area contributed by atoms with E-state index in [-0.39, 0.29) is 17.8 Å². The molecular weight excluding hydrogens is 283 g/mol. The van der Waals surface area contributed by atoms with Crippen LogP contribution in [0.3, 0.4) is 0 Å². The Morgan fingerprint density at radius 1 is 1.32 bits per heavy atom. The molecule has 22 heavy (non-hydrogen) atoms. The van der Waals surface area contributed by atoms with E-state index < -0.39 is 0 Å². The largest absolute Gasteiger partial charge is 0.487 e. The number of fused-ring (bicyclic) bond motifs is 1. The summed E-state index contributed by atoms with van der Waals surface area (Å²) in [5.74, 6) is -0.121. The number of nitrogens with zero attached hydrogens (tertiary/aromatic N) is 1. The van der Waals surface area contributed by atoms with E-state index in [1.165, 1.54) is 12.1 Å². The lowest BCUT2D eigenvalue weighted by Crippen LogP contribution is -2.42. The van der Waals surface area contributed by atoms with Crippen molar-refractivity contribution in [3.63, 3.8) is 0 Å². The quantitative estimate of drug-likeness (QED) is 0.928. The molecule has 0 aromatic heterocycles. The molecule has 4 nitrogen and oxygen atoms in total. The number of nitrogens with two attached hydrogens (primary N) is 1. The van der Waals surface area contributed by atoms with Gasteiger partial charge >= 0.3 is 0 Å². The Balaban J connectivity index is 1.95. The fourth-order valence-electron chi connectivity index (χ4n) is 2.55. The van der Waals surface area contributed by atoms with Crippen molar-refractivity contribution in [2.45, 2.75) is 19.6 Å². The van der Waals surface area contributed by atoms with Crippen molar-refractivity contribution in [1.29, 1.82) is 0 Å². The number of hydrogen-bond acceptors (Lipinski definition) is 3. The predicted molar refractivity (Wildman–Crippen MR) is 82.5 cm³/mol. The van der Waals surface area contributed by atoms with Gasteiger partial charge in [-0.2, -0.15) is 0 Å². The summed E-state index contributed by atoms with van der Waals surface area (Å²) in [6.45, 7) is 2.72. The third-order valence-corrected chi connectivity index (χ3v) is 3.66. The maximum Gasteiger partial charge on any atom is 0.258 e. The van der Waals surface area contributed by atoms with E-state index >= 15 is 0 Å². The smallest absolute Gasteiger partial charge is 0.258 e. The monoisotopic (exact) mass is 300 g/mol. The number of ether oxygens (including phenoxy) is 1. The third-order valence-electron chi connectivity index (χ3n) is 3.66. The molecule has 2 aromatic carbocycles. The van der Waals surface area contributed by atoms with Crippen molar-refractivity contribution < 1.29 is 13.9 Å². The minimum absolute atomic E-state index is 0.133. The standard InChI is InChI=1S/C17H17FN2O2/c1-11-10-20(15-7-6-14(18)8-16(15)22-11)17(21)13-4-2-12(9-19)3-5-13/h2-8,11H,9-10,19H2,1H3/t11-/m0/s1. The van der Waals surface area contributed by atoms with Crippen LogP contribution in [-0.4, -0.2) is 18.6 Å². The second kappa shape index (κ2) is 5.77. The van der Waals surface area contributed by atoms with Crippen LogP contribution in [0.1, 0.15) is 22.8 Å². The molecule has 2 aromatic rings. The van der Waals surface area contributed by atoms with Crippen molar-refractivity contribution in [2.75, 3.05) is 11.4 Å². The summed E-state index contributed by atoms with van der Waals surface area (Å²) in [6, 6.07) is 11.4. The maximum absolute atomic E-state index is 13.4. The van der Waals surface area contributed by atoms with Crippen LogP contribution < -0.4 is 15.4 Å². The molecule has 0 spiro atoms. The molecule has 1 aliphatic heterocycles. The lowest BCUT2D eigenvalue weighted by atomic mass is 10.1. The van der Waals surface area contributed by atoms with Crippen LogP contribution in [-0.2, 0) is 6.54 Å². The fourth-order valence-corrected chi connectivity index (χ4v) is 2.55. The van der Waals surface area contributed by atoms with Crippen LogP contribution in [0.2, 0.25) is 0 Å². The summed E-state index contributed by atoms with van der Waals surface area (Å²) in [4.78, 5) is 14.4. The van der Waals surface area contributed by atoms with Crippen LogP contribution in [0.5, 0.6) is 5.75 Å². The summed E-state index contributed by atoms with van der Waals surface area (Å²) in [5.41, 5.74) is 7.70. The first kappa shape index (κ1) is 14.5. The average Bonchev–Trinajstić information content (AvgIpc) is 2.53. The highest BCUT2D eigenvalue weighted by Crippen LogP contribution is 2.34. The molecule has 1 aliphatic rings. The Labute approximate surface area is 128 Å². The molecule has 1 heterocycles. The normalized spacial score (nSPS) is 16.9. The Morgan fingerprint density at radius 2 is 2.05 bits per heavy atom. The van der Waals surface area contributed by atoms with Crippen LogP contribution in [0.25, 0.3) is 0 Å². The molecule has 0 saturated carbocycles. The topological polar surface area (TPSA) is 55.6 Å². The molecule has 114 valence electrons. The van der Waals surface area contributed by atoms with Gasteiger partial charge in [-0.3, -0.25) is 4.79 Å². The minimum atomic E-state index is -0.382. The first-order valence-corrected chi connectivity index (χ1v) is 7.15. The molecule has 5 heteroatoms. The molecular formula is C17H17FN2O2. The molecule has 1 atom stereocenters. The Bertz CT molecular complexity index is 700. The molecule has 3 rings (SSSR count). The van der Waals surface area contributed by atoms with Crippen molar-refractivity contribution >= 4 is 11.6 Å². The Hall–Kier alpha value is -2.40. The highest BCUT2D eigenvalue weighted by atomic mass is 19.1. The van der Waals surface area contributed by atoms with E-state index in [2.05, 4.69) is 0 Å². The molecule has 0 radical (unpaired) electrons. The van der Waals surface area contributed by atoms with Gasteiger partial charge in [0.05, 0.1) is 12.2 Å². The number of amides is 1. The molecule has 1 amide bonds. The van der Waals surface area contributed by atoms with Gasteiger partial charge < -0.3 is 15.4 Å². The zero-order chi connectivity index (χ0) is 15.7. The van der Waals surface area contributed by atoms with Gasteiger partial charge in [-0.25, -0.2) is 4.39 Å². The summed E-state index contributed by atoms with van der Waals surface area (Å²) >= 11 is 0. The predicted octanol–water partition coefficient (Wildman–Crippen LogP) is 2.71. The summed E-state index contributed by atoms with van der Waals surface area (Å²) in [7, 11) is 0. The number of carbonyl (C=O) groups excluding carboxylic acids is 1. The maximum atomic E-state index is 13.4. The Kier molecular flexibility index (Phi) is 3.81. The first-order chi connectivity index (χ1) is 10.6. The van der Waals surface area contributed by atoms with Crippen LogP contribution in [0.4, 0.5) is 10.1 Å². The van der Waals surface area contributed by atoms with E-state index in [0.717, 1.165) is 5.56 Å². The first-order valence-electron chi connectivity index (χ1n) is 7.15. The molecule has 0 fully saturated rings. The second-order valence-corrected chi connectivity index (χ2v) is 5.36. The summed E-state index contributed by atoms with van der Waals surface area (Å²) in [5, 5.41) is 0. The van der Waals surface area contributed by atoms with Gasteiger partial charge in [0.25, 0.3) is 5.91 Å². The highest BCUT2D eigenvalue weighted by Gasteiger charge is 2.28. The molecule has 0 saturated heterocycles. The number of halogens is 1. The second-order valence-electron chi connectivity index (χ2n) is 5.36. The number of rotatable bonds is 2. The van der Waals surface area contributed by atoms with E-state index in [9.17, 15) is 9.18 Å². The third kappa shape index (κ3) is 2.67. The summed E-state index contributed by atoms with van der Waals surface area (Å²) in [6.07, 6.45) is -0.193. The van der Waals surface area contributed by atoms with Crippen molar-refractivity contribution in [2.24, 2.45) is 5.73 Å². The number of anilines is 1. The van der Waals surface area contributed by atoms with E-state index in [4.69, 9.17) is 10.5 Å². The number of carbonyl (C=O) groups is 1. The highest BCUT2D eigenvalue weighted by molar-refractivity contribution is 6.07. The number of benzene rings is 2. The zero-order valence-corrected chi connectivity index (χ0v) is 12.3. The van der Waals surface area contributed by atoms with Crippen molar-refractivity contribution in [3.8, 4) is 5.75 Å². The Morgan fingerprint density at radius 3 is 2.73 bits per heavy atom. The average molecular weight is 300 g/mol. The van der Waals surface area contributed by atoms with Gasteiger partial charge in [-0.15, -0.1) is 0 Å². The van der Waals surface area contributed by atoms with E-state index in [1.54, 1.807) is 23.1 Å². The van der Waals surface area contributed by atoms with Crippen molar-refractivity contribution in [1.82, 2.24) is 0 Å².